The fraction of sp³-hybridized carbons (Fsp3) is 0.462. The summed E-state index contributed by atoms with van der Waals surface area (Å²) in [5.41, 5.74) is 0.931. The summed E-state index contributed by atoms with van der Waals surface area (Å²) in [6.07, 6.45) is 3.02. The molecular formula is C13H13F2N3O. The van der Waals surface area contributed by atoms with Crippen LogP contribution in [0, 0.1) is 5.92 Å². The molecule has 0 saturated heterocycles. The van der Waals surface area contributed by atoms with E-state index in [4.69, 9.17) is 0 Å². The molecule has 3 rings (SSSR count). The molecule has 1 aliphatic rings. The molecule has 4 nitrogen and oxygen atoms in total. The Hall–Kier alpha value is -1.85. The Balaban J connectivity index is 1.87. The van der Waals surface area contributed by atoms with Crippen LogP contribution < -0.4 is 0 Å². The van der Waals surface area contributed by atoms with Crippen LogP contribution in [0.3, 0.4) is 0 Å². The Morgan fingerprint density at radius 2 is 2.05 bits per heavy atom. The zero-order valence-corrected chi connectivity index (χ0v) is 10.2. The van der Waals surface area contributed by atoms with Gasteiger partial charge < -0.3 is 4.98 Å². The molecule has 6 heteroatoms. The lowest BCUT2D eigenvalue weighted by atomic mass is 9.83. The van der Waals surface area contributed by atoms with Gasteiger partial charge in [0.15, 0.2) is 5.78 Å². The third-order valence-corrected chi connectivity index (χ3v) is 3.68. The second-order valence-corrected chi connectivity index (χ2v) is 4.96. The highest BCUT2D eigenvalue weighted by Crippen LogP contribution is 2.37. The van der Waals surface area contributed by atoms with Crippen LogP contribution in [0.5, 0.6) is 0 Å². The van der Waals surface area contributed by atoms with E-state index in [1.54, 1.807) is 12.3 Å². The van der Waals surface area contributed by atoms with Crippen molar-refractivity contribution in [2.75, 3.05) is 0 Å². The summed E-state index contributed by atoms with van der Waals surface area (Å²) < 4.78 is 26.2. The largest absolute Gasteiger partial charge is 0.346 e. The van der Waals surface area contributed by atoms with Crippen molar-refractivity contribution in [2.45, 2.75) is 31.6 Å². The first-order chi connectivity index (χ1) is 9.07. The van der Waals surface area contributed by atoms with Gasteiger partial charge in [0, 0.05) is 30.3 Å². The summed E-state index contributed by atoms with van der Waals surface area (Å²) in [5, 5.41) is 0.657. The molecule has 0 amide bonds. The molecule has 1 aliphatic carbocycles. The third kappa shape index (κ3) is 2.22. The molecule has 2 aromatic rings. The topological polar surface area (TPSA) is 58.6 Å². The van der Waals surface area contributed by atoms with Crippen LogP contribution in [-0.2, 0) is 0 Å². The summed E-state index contributed by atoms with van der Waals surface area (Å²) in [6.45, 7) is 0. The predicted octanol–water partition coefficient (Wildman–Crippen LogP) is 2.97. The molecule has 2 heterocycles. The molecule has 1 fully saturated rings. The number of halogens is 2. The number of carbonyl (C=O) groups is 1. The molecule has 0 bridgehead atoms. The SMILES string of the molecule is O=C(c1ncnc2[nH]ccc12)C1CCC(F)(F)CC1. The van der Waals surface area contributed by atoms with E-state index in [2.05, 4.69) is 15.0 Å². The monoisotopic (exact) mass is 265 g/mol. The predicted molar refractivity (Wildman–Crippen MR) is 65.1 cm³/mol. The van der Waals surface area contributed by atoms with Crippen molar-refractivity contribution in [1.29, 1.82) is 0 Å². The number of rotatable bonds is 2. The molecular weight excluding hydrogens is 252 g/mol. The minimum absolute atomic E-state index is 0.150. The van der Waals surface area contributed by atoms with Gasteiger partial charge in [0.25, 0.3) is 0 Å². The number of H-pyrrole nitrogens is 1. The summed E-state index contributed by atoms with van der Waals surface area (Å²) in [5.74, 6) is -3.12. The summed E-state index contributed by atoms with van der Waals surface area (Å²) in [6, 6.07) is 1.74. The van der Waals surface area contributed by atoms with Crippen LogP contribution in [0.15, 0.2) is 18.6 Å². The van der Waals surface area contributed by atoms with Crippen molar-refractivity contribution in [1.82, 2.24) is 15.0 Å². The first-order valence-electron chi connectivity index (χ1n) is 6.27. The van der Waals surface area contributed by atoms with Crippen LogP contribution >= 0.6 is 0 Å². The fourth-order valence-electron chi connectivity index (χ4n) is 2.56. The number of nitrogens with zero attached hydrogens (tertiary/aromatic N) is 2. The van der Waals surface area contributed by atoms with Crippen molar-refractivity contribution in [3.05, 3.63) is 24.3 Å². The number of Topliss-reactive ketones (excluding diaryl/α,β-unsaturated/α-hetero) is 1. The molecule has 0 unspecified atom stereocenters. The van der Waals surface area contributed by atoms with E-state index in [0.29, 0.717) is 16.7 Å². The van der Waals surface area contributed by atoms with Gasteiger partial charge in [0.1, 0.15) is 17.7 Å². The van der Waals surface area contributed by atoms with Crippen LogP contribution in [0.4, 0.5) is 8.78 Å². The van der Waals surface area contributed by atoms with Crippen LogP contribution in [0.25, 0.3) is 11.0 Å². The fourth-order valence-corrected chi connectivity index (χ4v) is 2.56. The molecule has 1 saturated carbocycles. The molecule has 19 heavy (non-hydrogen) atoms. The second-order valence-electron chi connectivity index (χ2n) is 4.96. The molecule has 2 aromatic heterocycles. The van der Waals surface area contributed by atoms with E-state index in [1.165, 1.54) is 6.33 Å². The summed E-state index contributed by atoms with van der Waals surface area (Å²) in [7, 11) is 0. The van der Waals surface area contributed by atoms with Gasteiger partial charge in [0.05, 0.1) is 0 Å². The van der Waals surface area contributed by atoms with Gasteiger partial charge >= 0.3 is 0 Å². The molecule has 1 N–H and O–H groups in total. The van der Waals surface area contributed by atoms with Crippen molar-refractivity contribution in [3.8, 4) is 0 Å². The van der Waals surface area contributed by atoms with Gasteiger partial charge in [-0.25, -0.2) is 18.7 Å². The number of fused-ring (bicyclic) bond motifs is 1. The van der Waals surface area contributed by atoms with Gasteiger partial charge in [-0.05, 0) is 18.9 Å². The number of carbonyl (C=O) groups excluding carboxylic acids is 1. The van der Waals surface area contributed by atoms with Crippen molar-refractivity contribution in [2.24, 2.45) is 5.92 Å². The summed E-state index contributed by atoms with van der Waals surface area (Å²) >= 11 is 0. The minimum Gasteiger partial charge on any atom is -0.346 e. The normalized spacial score (nSPS) is 19.7. The zero-order chi connectivity index (χ0) is 13.5. The standard InChI is InChI=1S/C13H13F2N3O/c14-13(15)4-1-8(2-5-13)11(19)10-9-3-6-16-12(9)18-7-17-10/h3,6-8H,1-2,4-5H2,(H,16,17,18). The Labute approximate surface area is 108 Å². The van der Waals surface area contributed by atoms with E-state index in [-0.39, 0.29) is 37.4 Å². The summed E-state index contributed by atoms with van der Waals surface area (Å²) in [4.78, 5) is 23.3. The van der Waals surface area contributed by atoms with Crippen LogP contribution in [0.2, 0.25) is 0 Å². The van der Waals surface area contributed by atoms with Crippen molar-refractivity contribution < 1.29 is 13.6 Å². The highest BCUT2D eigenvalue weighted by Gasteiger charge is 2.38. The van der Waals surface area contributed by atoms with Gasteiger partial charge in [-0.15, -0.1) is 0 Å². The maximum atomic E-state index is 13.1. The van der Waals surface area contributed by atoms with Crippen molar-refractivity contribution in [3.63, 3.8) is 0 Å². The average molecular weight is 265 g/mol. The van der Waals surface area contributed by atoms with Gasteiger partial charge in [-0.1, -0.05) is 0 Å². The molecule has 0 aromatic carbocycles. The molecule has 0 aliphatic heterocycles. The van der Waals surface area contributed by atoms with E-state index < -0.39 is 5.92 Å². The Morgan fingerprint density at radius 1 is 1.32 bits per heavy atom. The molecule has 0 atom stereocenters. The van der Waals surface area contributed by atoms with Gasteiger partial charge in [0.2, 0.25) is 5.92 Å². The smallest absolute Gasteiger partial charge is 0.248 e. The minimum atomic E-state index is -2.62. The first kappa shape index (κ1) is 12.2. The number of hydrogen-bond donors (Lipinski definition) is 1. The number of hydrogen-bond acceptors (Lipinski definition) is 3. The molecule has 100 valence electrons. The molecule has 0 spiro atoms. The number of ketones is 1. The molecule has 0 radical (unpaired) electrons. The van der Waals surface area contributed by atoms with Crippen molar-refractivity contribution >= 4 is 16.8 Å². The zero-order valence-electron chi connectivity index (χ0n) is 10.2. The average Bonchev–Trinajstić information content (AvgIpc) is 2.86. The number of alkyl halides is 2. The first-order valence-corrected chi connectivity index (χ1v) is 6.27. The van der Waals surface area contributed by atoms with E-state index in [9.17, 15) is 13.6 Å². The van der Waals surface area contributed by atoms with E-state index in [1.807, 2.05) is 0 Å². The number of aromatic nitrogens is 3. The van der Waals surface area contributed by atoms with Crippen LogP contribution in [0.1, 0.15) is 36.2 Å². The highest BCUT2D eigenvalue weighted by atomic mass is 19.3. The maximum absolute atomic E-state index is 13.1. The third-order valence-electron chi connectivity index (χ3n) is 3.68. The Bertz CT molecular complexity index is 613. The second kappa shape index (κ2) is 4.36. The quantitative estimate of drug-likeness (QED) is 0.849. The van der Waals surface area contributed by atoms with Crippen LogP contribution in [-0.4, -0.2) is 26.7 Å². The Morgan fingerprint density at radius 3 is 2.79 bits per heavy atom. The van der Waals surface area contributed by atoms with E-state index >= 15 is 0 Å². The van der Waals surface area contributed by atoms with E-state index in [0.717, 1.165) is 0 Å². The lowest BCUT2D eigenvalue weighted by molar-refractivity contribution is -0.0424. The van der Waals surface area contributed by atoms with Gasteiger partial charge in [-0.3, -0.25) is 4.79 Å². The Kier molecular flexibility index (Phi) is 2.80. The highest BCUT2D eigenvalue weighted by molar-refractivity contribution is 6.05. The number of nitrogens with one attached hydrogen (secondary N) is 1. The maximum Gasteiger partial charge on any atom is 0.248 e. The lowest BCUT2D eigenvalue weighted by Crippen LogP contribution is -2.29. The lowest BCUT2D eigenvalue weighted by Gasteiger charge is -2.27. The number of aromatic amines is 1. The van der Waals surface area contributed by atoms with Gasteiger partial charge in [-0.2, -0.15) is 0 Å².